The third kappa shape index (κ3) is 2.58. The summed E-state index contributed by atoms with van der Waals surface area (Å²) in [6, 6.07) is 27.6. The molecule has 2 heterocycles. The van der Waals surface area contributed by atoms with Crippen LogP contribution in [-0.4, -0.2) is 21.1 Å². The molecule has 29 heavy (non-hydrogen) atoms. The zero-order chi connectivity index (χ0) is 19.8. The Hall–Kier alpha value is -3.44. The van der Waals surface area contributed by atoms with E-state index in [4.69, 9.17) is 11.6 Å². The van der Waals surface area contributed by atoms with Crippen LogP contribution in [0.15, 0.2) is 91.3 Å². The summed E-state index contributed by atoms with van der Waals surface area (Å²) in [5.41, 5.74) is 2.15. The van der Waals surface area contributed by atoms with E-state index < -0.39 is 11.5 Å². The summed E-state index contributed by atoms with van der Waals surface area (Å²) in [5, 5.41) is 7.48. The van der Waals surface area contributed by atoms with Gasteiger partial charge in [-0.2, -0.15) is 10.1 Å². The van der Waals surface area contributed by atoms with Crippen molar-refractivity contribution in [3.05, 3.63) is 113 Å². The minimum atomic E-state index is -0.757. The van der Waals surface area contributed by atoms with Crippen LogP contribution in [0.5, 0.6) is 0 Å². The lowest BCUT2D eigenvalue weighted by Gasteiger charge is -2.57. The minimum absolute atomic E-state index is 0.0446. The highest BCUT2D eigenvalue weighted by Gasteiger charge is 2.64. The molecule has 0 aliphatic carbocycles. The van der Waals surface area contributed by atoms with E-state index >= 15 is 0 Å². The summed E-state index contributed by atoms with van der Waals surface area (Å²) in [5.74, 6) is -0.0423. The van der Waals surface area contributed by atoms with Gasteiger partial charge in [0.2, 0.25) is 11.9 Å². The molecule has 3 aromatic carbocycles. The van der Waals surface area contributed by atoms with Gasteiger partial charge in [-0.25, -0.2) is 5.10 Å². The Kier molecular flexibility index (Phi) is 4.18. The van der Waals surface area contributed by atoms with Gasteiger partial charge in [0.05, 0.1) is 5.92 Å². The second-order valence-electron chi connectivity index (χ2n) is 6.97. The number of nitrogens with zero attached hydrogens (tertiary/aromatic N) is 3. The Bertz CT molecular complexity index is 1090. The lowest BCUT2D eigenvalue weighted by atomic mass is 9.62. The maximum absolute atomic E-state index is 13.5. The third-order valence-electron chi connectivity index (χ3n) is 5.48. The van der Waals surface area contributed by atoms with Crippen LogP contribution in [0.2, 0.25) is 5.02 Å². The topological polar surface area (TPSA) is 61.9 Å². The molecule has 1 unspecified atom stereocenters. The number of carbonyl (C=O) groups excluding carboxylic acids is 1. The summed E-state index contributed by atoms with van der Waals surface area (Å²) in [7, 11) is 0. The van der Waals surface area contributed by atoms with Crippen LogP contribution in [0.25, 0.3) is 0 Å². The fourth-order valence-corrected chi connectivity index (χ4v) is 4.43. The van der Waals surface area contributed by atoms with Crippen molar-refractivity contribution in [1.29, 1.82) is 0 Å². The van der Waals surface area contributed by atoms with Crippen LogP contribution in [0.4, 0.5) is 5.95 Å². The van der Waals surface area contributed by atoms with E-state index in [0.717, 1.165) is 16.7 Å². The molecule has 1 aliphatic rings. The van der Waals surface area contributed by atoms with E-state index in [1.165, 1.54) is 6.33 Å². The van der Waals surface area contributed by atoms with Crippen LogP contribution < -0.4 is 4.90 Å². The average Bonchev–Trinajstić information content (AvgIpc) is 3.28. The first-order valence-electron chi connectivity index (χ1n) is 9.29. The molecule has 0 saturated carbocycles. The number of halogens is 1. The highest BCUT2D eigenvalue weighted by atomic mass is 35.5. The van der Waals surface area contributed by atoms with E-state index in [0.29, 0.717) is 11.0 Å². The summed E-state index contributed by atoms with van der Waals surface area (Å²) >= 11 is 6.11. The molecule has 0 bridgehead atoms. The lowest BCUT2D eigenvalue weighted by molar-refractivity contribution is -0.129. The average molecular weight is 401 g/mol. The van der Waals surface area contributed by atoms with Crippen LogP contribution >= 0.6 is 11.6 Å². The van der Waals surface area contributed by atoms with Crippen LogP contribution in [0.1, 0.15) is 22.6 Å². The number of nitrogens with one attached hydrogen (secondary N) is 1. The Morgan fingerprint density at radius 2 is 1.45 bits per heavy atom. The van der Waals surface area contributed by atoms with E-state index in [2.05, 4.69) is 15.2 Å². The van der Waals surface area contributed by atoms with Gasteiger partial charge in [-0.1, -0.05) is 84.4 Å². The SMILES string of the molecule is O=C1C(c2ccc(Cl)cc2)C(c2ccccc2)(c2ccccc2)N1c1ncn[nH]1. The highest BCUT2D eigenvalue weighted by Crippen LogP contribution is 2.56. The van der Waals surface area contributed by atoms with Gasteiger partial charge < -0.3 is 0 Å². The van der Waals surface area contributed by atoms with E-state index in [9.17, 15) is 4.79 Å². The largest absolute Gasteiger partial charge is 0.274 e. The zero-order valence-electron chi connectivity index (χ0n) is 15.4. The van der Waals surface area contributed by atoms with Crippen molar-refractivity contribution in [2.45, 2.75) is 11.5 Å². The van der Waals surface area contributed by atoms with Gasteiger partial charge in [-0.3, -0.25) is 9.69 Å². The summed E-state index contributed by atoms with van der Waals surface area (Å²) in [6.07, 6.45) is 1.42. The van der Waals surface area contributed by atoms with E-state index in [-0.39, 0.29) is 5.91 Å². The van der Waals surface area contributed by atoms with Crippen LogP contribution in [-0.2, 0) is 10.3 Å². The number of benzene rings is 3. The number of amides is 1. The first-order chi connectivity index (χ1) is 14.2. The first-order valence-corrected chi connectivity index (χ1v) is 9.66. The molecule has 1 aliphatic heterocycles. The Labute approximate surface area is 173 Å². The maximum atomic E-state index is 13.5. The Balaban J connectivity index is 1.80. The summed E-state index contributed by atoms with van der Waals surface area (Å²) in [6.45, 7) is 0. The molecule has 1 aromatic heterocycles. The fourth-order valence-electron chi connectivity index (χ4n) is 4.30. The minimum Gasteiger partial charge on any atom is -0.274 e. The number of hydrogen-bond donors (Lipinski definition) is 1. The van der Waals surface area contributed by atoms with E-state index in [1.54, 1.807) is 4.90 Å². The quantitative estimate of drug-likeness (QED) is 0.512. The smallest absolute Gasteiger partial charge is 0.241 e. The molecule has 1 fully saturated rings. The number of aromatic nitrogens is 3. The number of rotatable bonds is 4. The molecule has 5 nitrogen and oxygen atoms in total. The monoisotopic (exact) mass is 400 g/mol. The molecule has 1 N–H and O–H groups in total. The second kappa shape index (κ2) is 6.87. The molecular weight excluding hydrogens is 384 g/mol. The third-order valence-corrected chi connectivity index (χ3v) is 5.74. The molecule has 4 aromatic rings. The van der Waals surface area contributed by atoms with Gasteiger partial charge in [0.25, 0.3) is 0 Å². The highest BCUT2D eigenvalue weighted by molar-refractivity contribution is 6.30. The van der Waals surface area contributed by atoms with Gasteiger partial charge in [0.1, 0.15) is 11.9 Å². The van der Waals surface area contributed by atoms with Crippen molar-refractivity contribution in [3.8, 4) is 0 Å². The van der Waals surface area contributed by atoms with Gasteiger partial charge >= 0.3 is 0 Å². The van der Waals surface area contributed by atoms with Crippen molar-refractivity contribution in [3.63, 3.8) is 0 Å². The van der Waals surface area contributed by atoms with Crippen LogP contribution in [0, 0.1) is 0 Å². The van der Waals surface area contributed by atoms with Gasteiger partial charge in [-0.05, 0) is 28.8 Å². The molecule has 1 amide bonds. The second-order valence-corrected chi connectivity index (χ2v) is 7.40. The maximum Gasteiger partial charge on any atom is 0.241 e. The van der Waals surface area contributed by atoms with Crippen molar-refractivity contribution < 1.29 is 4.79 Å². The molecule has 142 valence electrons. The van der Waals surface area contributed by atoms with Crippen molar-refractivity contribution in [1.82, 2.24) is 15.2 Å². The van der Waals surface area contributed by atoms with Crippen molar-refractivity contribution in [2.75, 3.05) is 4.90 Å². The van der Waals surface area contributed by atoms with Gasteiger partial charge in [-0.15, -0.1) is 0 Å². The standard InChI is InChI=1S/C23H17ClN4O/c24-19-13-11-16(12-14-19)20-21(29)28(22-25-15-26-27-22)23(20,17-7-3-1-4-8-17)18-9-5-2-6-10-18/h1-15,20H,(H,25,26,27). The lowest BCUT2D eigenvalue weighted by Crippen LogP contribution is -2.68. The van der Waals surface area contributed by atoms with Crippen molar-refractivity contribution >= 4 is 23.5 Å². The zero-order valence-corrected chi connectivity index (χ0v) is 16.1. The molecule has 6 heteroatoms. The Morgan fingerprint density at radius 3 is 1.97 bits per heavy atom. The molecule has 5 rings (SSSR count). The van der Waals surface area contributed by atoms with Gasteiger partial charge in [0.15, 0.2) is 0 Å². The van der Waals surface area contributed by atoms with Crippen molar-refractivity contribution in [2.24, 2.45) is 0 Å². The Morgan fingerprint density at radius 1 is 0.862 bits per heavy atom. The van der Waals surface area contributed by atoms with Crippen LogP contribution in [0.3, 0.4) is 0 Å². The number of β-lactam (4-membered cyclic amide) rings is 1. The number of H-pyrrole nitrogens is 1. The molecule has 1 atom stereocenters. The summed E-state index contributed by atoms with van der Waals surface area (Å²) in [4.78, 5) is 19.5. The number of anilines is 1. The predicted octanol–water partition coefficient (Wildman–Crippen LogP) is 4.53. The van der Waals surface area contributed by atoms with E-state index in [1.807, 2.05) is 84.9 Å². The summed E-state index contributed by atoms with van der Waals surface area (Å²) < 4.78 is 0. The number of aromatic amines is 1. The molecule has 0 spiro atoms. The first kappa shape index (κ1) is 17.6. The molecule has 0 radical (unpaired) electrons. The van der Waals surface area contributed by atoms with Gasteiger partial charge in [0, 0.05) is 5.02 Å². The fraction of sp³-hybridized carbons (Fsp3) is 0.0870. The predicted molar refractivity (Wildman–Crippen MR) is 112 cm³/mol. The molecular formula is C23H17ClN4O. The normalized spacial score (nSPS) is 17.8. The molecule has 1 saturated heterocycles. The number of hydrogen-bond acceptors (Lipinski definition) is 3. The number of carbonyl (C=O) groups is 1.